The molecule has 5 nitrogen and oxygen atoms in total. The molecule has 2 N–H and O–H groups in total. The van der Waals surface area contributed by atoms with Crippen molar-refractivity contribution in [3.63, 3.8) is 0 Å². The van der Waals surface area contributed by atoms with Gasteiger partial charge in [-0.1, -0.05) is 11.6 Å². The van der Waals surface area contributed by atoms with Gasteiger partial charge in [-0.15, -0.1) is 0 Å². The maximum Gasteiger partial charge on any atom is 0.252 e. The van der Waals surface area contributed by atoms with E-state index in [0.29, 0.717) is 18.4 Å². The molecule has 1 aliphatic heterocycles. The fraction of sp³-hybridized carbons (Fsp3) is 0.429. The molecular formula is C14H16ClN3O2. The number of rotatable bonds is 2. The highest BCUT2D eigenvalue weighted by Crippen LogP contribution is 2.25. The van der Waals surface area contributed by atoms with Gasteiger partial charge < -0.3 is 15.3 Å². The predicted octanol–water partition coefficient (Wildman–Crippen LogP) is 1.76. The van der Waals surface area contributed by atoms with Crippen LogP contribution in [0.4, 0.5) is 0 Å². The number of nitrogens with one attached hydrogen (secondary N) is 1. The van der Waals surface area contributed by atoms with Gasteiger partial charge in [-0.25, -0.2) is 0 Å². The number of nitrogens with zero attached hydrogens (tertiary/aromatic N) is 2. The molecule has 0 saturated carbocycles. The summed E-state index contributed by atoms with van der Waals surface area (Å²) < 4.78 is 0. The van der Waals surface area contributed by atoms with E-state index >= 15 is 0 Å². The van der Waals surface area contributed by atoms with Crippen molar-refractivity contribution in [3.05, 3.63) is 28.8 Å². The molecule has 1 aromatic rings. The Kier molecular flexibility index (Phi) is 4.17. The summed E-state index contributed by atoms with van der Waals surface area (Å²) in [7, 11) is 1.99. The lowest BCUT2D eigenvalue weighted by Crippen LogP contribution is -2.53. The molecule has 0 unspecified atom stereocenters. The molecule has 6 heteroatoms. The van der Waals surface area contributed by atoms with Gasteiger partial charge in [0.25, 0.3) is 5.91 Å². The van der Waals surface area contributed by atoms with Crippen molar-refractivity contribution in [1.29, 1.82) is 5.26 Å². The Morgan fingerprint density at radius 2 is 2.15 bits per heavy atom. The predicted molar refractivity (Wildman–Crippen MR) is 75.7 cm³/mol. The molecule has 1 saturated heterocycles. The first-order valence-corrected chi connectivity index (χ1v) is 6.74. The van der Waals surface area contributed by atoms with E-state index in [1.165, 1.54) is 18.2 Å². The zero-order valence-electron chi connectivity index (χ0n) is 11.2. The molecule has 106 valence electrons. The molecule has 1 fully saturated rings. The van der Waals surface area contributed by atoms with E-state index < -0.39 is 5.54 Å². The lowest BCUT2D eigenvalue weighted by Gasteiger charge is -2.36. The molecule has 1 heterocycles. The zero-order chi connectivity index (χ0) is 14.8. The van der Waals surface area contributed by atoms with Crippen LogP contribution >= 0.6 is 11.6 Å². The Hall–Kier alpha value is -1.77. The van der Waals surface area contributed by atoms with Crippen molar-refractivity contribution in [2.75, 3.05) is 20.1 Å². The molecule has 1 aromatic carbocycles. The lowest BCUT2D eigenvalue weighted by atomic mass is 9.89. The summed E-state index contributed by atoms with van der Waals surface area (Å²) in [4.78, 5) is 14.3. The number of likely N-dealkylation sites (tertiary alicyclic amines) is 1. The van der Waals surface area contributed by atoms with Gasteiger partial charge in [-0.2, -0.15) is 5.26 Å². The Morgan fingerprint density at radius 3 is 2.70 bits per heavy atom. The van der Waals surface area contributed by atoms with Crippen LogP contribution in [0, 0.1) is 11.3 Å². The first-order valence-electron chi connectivity index (χ1n) is 6.37. The Morgan fingerprint density at radius 1 is 1.50 bits per heavy atom. The van der Waals surface area contributed by atoms with E-state index in [4.69, 9.17) is 11.6 Å². The number of carbonyl (C=O) groups is 1. The normalized spacial score (nSPS) is 18.2. The number of phenolic OH excluding ortho intramolecular Hbond substituents is 1. The van der Waals surface area contributed by atoms with Crippen LogP contribution in [0.5, 0.6) is 5.75 Å². The van der Waals surface area contributed by atoms with Crippen molar-refractivity contribution >= 4 is 17.5 Å². The Balaban J connectivity index is 2.13. The summed E-state index contributed by atoms with van der Waals surface area (Å²) in [6, 6.07) is 6.47. The van der Waals surface area contributed by atoms with Crippen LogP contribution in [0.2, 0.25) is 5.02 Å². The maximum absolute atomic E-state index is 12.2. The molecule has 2 rings (SSSR count). The molecule has 20 heavy (non-hydrogen) atoms. The van der Waals surface area contributed by atoms with E-state index in [0.717, 1.165) is 13.1 Å². The fourth-order valence-corrected chi connectivity index (χ4v) is 2.38. The second-order valence-corrected chi connectivity index (χ2v) is 5.52. The number of hydrogen-bond acceptors (Lipinski definition) is 4. The van der Waals surface area contributed by atoms with Crippen LogP contribution in [0.3, 0.4) is 0 Å². The van der Waals surface area contributed by atoms with Crippen LogP contribution in [0.25, 0.3) is 0 Å². The van der Waals surface area contributed by atoms with Crippen LogP contribution < -0.4 is 5.32 Å². The van der Waals surface area contributed by atoms with E-state index in [-0.39, 0.29) is 16.7 Å². The van der Waals surface area contributed by atoms with Gasteiger partial charge in [0.2, 0.25) is 0 Å². The van der Waals surface area contributed by atoms with Gasteiger partial charge in [0, 0.05) is 18.7 Å². The summed E-state index contributed by atoms with van der Waals surface area (Å²) in [5.41, 5.74) is -0.491. The summed E-state index contributed by atoms with van der Waals surface area (Å²) in [6.07, 6.45) is 1.19. The highest BCUT2D eigenvalue weighted by molar-refractivity contribution is 6.32. The van der Waals surface area contributed by atoms with Gasteiger partial charge in [-0.05, 0) is 38.1 Å². The van der Waals surface area contributed by atoms with Crippen LogP contribution in [0.1, 0.15) is 23.2 Å². The first kappa shape index (κ1) is 14.6. The van der Waals surface area contributed by atoms with Crippen LogP contribution in [-0.2, 0) is 0 Å². The summed E-state index contributed by atoms with van der Waals surface area (Å²) >= 11 is 5.79. The standard InChI is InChI=1S/C14H16ClN3O2/c1-18-6-4-14(9-16,5-7-18)17-13(20)10-2-3-12(19)11(15)8-10/h2-3,8,19H,4-7H2,1H3,(H,17,20). The number of benzene rings is 1. The minimum Gasteiger partial charge on any atom is -0.506 e. The number of carbonyl (C=O) groups excluding carboxylic acids is 1. The van der Waals surface area contributed by atoms with Gasteiger partial charge in [0.1, 0.15) is 11.3 Å². The smallest absolute Gasteiger partial charge is 0.252 e. The van der Waals surface area contributed by atoms with E-state index in [1.54, 1.807) is 0 Å². The molecule has 0 aromatic heterocycles. The quantitative estimate of drug-likeness (QED) is 0.871. The number of nitriles is 1. The van der Waals surface area contributed by atoms with Crippen molar-refractivity contribution in [3.8, 4) is 11.8 Å². The molecule has 0 spiro atoms. The molecule has 1 amide bonds. The number of piperidine rings is 1. The number of halogens is 1. The van der Waals surface area contributed by atoms with E-state index in [2.05, 4.69) is 16.3 Å². The topological polar surface area (TPSA) is 76.4 Å². The number of aromatic hydroxyl groups is 1. The minimum absolute atomic E-state index is 0.0718. The maximum atomic E-state index is 12.2. The Labute approximate surface area is 122 Å². The molecule has 0 aliphatic carbocycles. The van der Waals surface area contributed by atoms with Crippen LogP contribution in [-0.4, -0.2) is 41.6 Å². The van der Waals surface area contributed by atoms with E-state index in [1.807, 2.05) is 7.05 Å². The monoisotopic (exact) mass is 293 g/mol. The number of amides is 1. The third-order valence-electron chi connectivity index (χ3n) is 3.62. The van der Waals surface area contributed by atoms with Crippen LogP contribution in [0.15, 0.2) is 18.2 Å². The van der Waals surface area contributed by atoms with Crippen molar-refractivity contribution in [1.82, 2.24) is 10.2 Å². The molecule has 0 bridgehead atoms. The molecule has 0 radical (unpaired) electrons. The first-order chi connectivity index (χ1) is 9.46. The van der Waals surface area contributed by atoms with Crippen molar-refractivity contribution in [2.24, 2.45) is 0 Å². The highest BCUT2D eigenvalue weighted by Gasteiger charge is 2.35. The largest absolute Gasteiger partial charge is 0.506 e. The third-order valence-corrected chi connectivity index (χ3v) is 3.92. The Bertz CT molecular complexity index is 560. The summed E-state index contributed by atoms with van der Waals surface area (Å²) in [5.74, 6) is -0.421. The fourth-order valence-electron chi connectivity index (χ4n) is 2.20. The lowest BCUT2D eigenvalue weighted by molar-refractivity contribution is 0.0882. The van der Waals surface area contributed by atoms with Gasteiger partial charge in [0.05, 0.1) is 11.1 Å². The number of hydrogen-bond donors (Lipinski definition) is 2. The minimum atomic E-state index is -0.825. The van der Waals surface area contributed by atoms with Gasteiger partial charge in [0.15, 0.2) is 0 Å². The summed E-state index contributed by atoms with van der Waals surface area (Å²) in [5, 5.41) is 21.6. The van der Waals surface area contributed by atoms with Crippen molar-refractivity contribution < 1.29 is 9.90 Å². The molecule has 1 aliphatic rings. The SMILES string of the molecule is CN1CCC(C#N)(NC(=O)c2ccc(O)c(Cl)c2)CC1. The molecule has 0 atom stereocenters. The third kappa shape index (κ3) is 3.03. The second-order valence-electron chi connectivity index (χ2n) is 5.12. The van der Waals surface area contributed by atoms with Gasteiger partial charge in [-0.3, -0.25) is 4.79 Å². The second kappa shape index (κ2) is 5.70. The highest BCUT2D eigenvalue weighted by atomic mass is 35.5. The summed E-state index contributed by atoms with van der Waals surface area (Å²) in [6.45, 7) is 1.54. The van der Waals surface area contributed by atoms with Gasteiger partial charge >= 0.3 is 0 Å². The zero-order valence-corrected chi connectivity index (χ0v) is 11.9. The van der Waals surface area contributed by atoms with E-state index in [9.17, 15) is 15.2 Å². The number of phenols is 1. The molecular weight excluding hydrogens is 278 g/mol. The van der Waals surface area contributed by atoms with Crippen molar-refractivity contribution in [2.45, 2.75) is 18.4 Å². The average Bonchev–Trinajstić information content (AvgIpc) is 2.44. The average molecular weight is 294 g/mol.